The molecule has 0 aliphatic carbocycles. The number of hydrogen-bond donors (Lipinski definition) is 1. The van der Waals surface area contributed by atoms with Crippen molar-refractivity contribution in [1.29, 1.82) is 0 Å². The van der Waals surface area contributed by atoms with Crippen molar-refractivity contribution in [3.05, 3.63) is 63.9 Å². The van der Waals surface area contributed by atoms with Crippen molar-refractivity contribution < 1.29 is 28.2 Å². The Morgan fingerprint density at radius 1 is 1.00 bits per heavy atom. The smallest absolute Gasteiger partial charge is 0.338 e. The Morgan fingerprint density at radius 2 is 1.56 bits per heavy atom. The topological polar surface area (TPSA) is 81.7 Å². The Morgan fingerprint density at radius 3 is 2.04 bits per heavy atom. The van der Waals surface area contributed by atoms with E-state index < -0.39 is 23.7 Å². The molecule has 8 heteroatoms. The molecule has 1 amide bonds. The molecule has 0 aliphatic rings. The van der Waals surface area contributed by atoms with E-state index >= 15 is 0 Å². The number of hydrogen-bond acceptors (Lipinski definition) is 5. The summed E-state index contributed by atoms with van der Waals surface area (Å²) in [6.45, 7) is 3.54. The summed E-state index contributed by atoms with van der Waals surface area (Å²) in [6.07, 6.45) is 0. The molecule has 0 radical (unpaired) electrons. The third-order valence-corrected chi connectivity index (χ3v) is 3.72. The van der Waals surface area contributed by atoms with Crippen LogP contribution in [0.1, 0.15) is 44.9 Å². The van der Waals surface area contributed by atoms with Crippen LogP contribution in [0.2, 0.25) is 5.02 Å². The molecule has 6 nitrogen and oxygen atoms in total. The quantitative estimate of drug-likeness (QED) is 0.747. The molecule has 0 bridgehead atoms. The van der Waals surface area contributed by atoms with Crippen LogP contribution >= 0.6 is 11.6 Å². The maximum absolute atomic E-state index is 13.9. The van der Waals surface area contributed by atoms with Crippen molar-refractivity contribution in [2.75, 3.05) is 18.5 Å². The largest absolute Gasteiger partial charge is 0.462 e. The van der Waals surface area contributed by atoms with Crippen LogP contribution in [-0.2, 0) is 9.47 Å². The van der Waals surface area contributed by atoms with Crippen molar-refractivity contribution in [3.8, 4) is 0 Å². The van der Waals surface area contributed by atoms with Gasteiger partial charge in [0.25, 0.3) is 5.91 Å². The molecule has 0 unspecified atom stereocenters. The van der Waals surface area contributed by atoms with Crippen molar-refractivity contribution in [2.45, 2.75) is 13.8 Å². The van der Waals surface area contributed by atoms with Crippen molar-refractivity contribution >= 4 is 35.1 Å². The molecule has 0 aliphatic heterocycles. The number of benzene rings is 2. The summed E-state index contributed by atoms with van der Waals surface area (Å²) in [5.74, 6) is -2.98. The lowest BCUT2D eigenvalue weighted by Gasteiger charge is -2.11. The molecule has 1 N–H and O–H groups in total. The minimum absolute atomic E-state index is 0.0392. The van der Waals surface area contributed by atoms with Crippen molar-refractivity contribution in [2.24, 2.45) is 0 Å². The third kappa shape index (κ3) is 5.04. The second kappa shape index (κ2) is 9.14. The predicted molar refractivity (Wildman–Crippen MR) is 97.7 cm³/mol. The van der Waals surface area contributed by atoms with E-state index in [9.17, 15) is 18.8 Å². The zero-order chi connectivity index (χ0) is 20.0. The highest BCUT2D eigenvalue weighted by atomic mass is 35.5. The van der Waals surface area contributed by atoms with Crippen LogP contribution in [0.25, 0.3) is 0 Å². The first-order valence-corrected chi connectivity index (χ1v) is 8.49. The monoisotopic (exact) mass is 393 g/mol. The van der Waals surface area contributed by atoms with Gasteiger partial charge in [-0.25, -0.2) is 14.0 Å². The van der Waals surface area contributed by atoms with Gasteiger partial charge in [-0.15, -0.1) is 0 Å². The van der Waals surface area contributed by atoms with Gasteiger partial charge in [0, 0.05) is 5.69 Å². The minimum Gasteiger partial charge on any atom is -0.462 e. The number of anilines is 1. The Labute approximate surface area is 160 Å². The number of esters is 2. The zero-order valence-electron chi connectivity index (χ0n) is 14.7. The number of carbonyl (C=O) groups excluding carboxylic acids is 3. The van der Waals surface area contributed by atoms with Gasteiger partial charge in [0.1, 0.15) is 5.82 Å². The summed E-state index contributed by atoms with van der Waals surface area (Å²) in [5.41, 5.74) is -0.180. The Hall–Kier alpha value is -2.93. The zero-order valence-corrected chi connectivity index (χ0v) is 15.4. The molecule has 2 rings (SSSR count). The highest BCUT2D eigenvalue weighted by molar-refractivity contribution is 6.34. The van der Waals surface area contributed by atoms with Gasteiger partial charge in [0.05, 0.1) is 34.9 Å². The average Bonchev–Trinajstić information content (AvgIpc) is 2.61. The van der Waals surface area contributed by atoms with Crippen LogP contribution in [0.4, 0.5) is 10.1 Å². The molecule has 2 aromatic rings. The lowest BCUT2D eigenvalue weighted by Crippen LogP contribution is -2.16. The summed E-state index contributed by atoms with van der Waals surface area (Å²) >= 11 is 5.89. The minimum atomic E-state index is -0.825. The van der Waals surface area contributed by atoms with Gasteiger partial charge in [-0.3, -0.25) is 4.79 Å². The number of rotatable bonds is 6. The van der Waals surface area contributed by atoms with Gasteiger partial charge in [-0.1, -0.05) is 17.7 Å². The molecule has 0 saturated carbocycles. The predicted octanol–water partition coefficient (Wildman–Crippen LogP) is 4.08. The fourth-order valence-corrected chi connectivity index (χ4v) is 2.52. The molecule has 27 heavy (non-hydrogen) atoms. The van der Waals surface area contributed by atoms with E-state index in [1.54, 1.807) is 13.8 Å². The van der Waals surface area contributed by atoms with E-state index in [-0.39, 0.29) is 40.6 Å². The molecular weight excluding hydrogens is 377 g/mol. The fourth-order valence-electron chi connectivity index (χ4n) is 2.27. The number of nitrogens with one attached hydrogen (secondary N) is 1. The average molecular weight is 394 g/mol. The van der Waals surface area contributed by atoms with Gasteiger partial charge in [0.2, 0.25) is 0 Å². The van der Waals surface area contributed by atoms with E-state index in [1.807, 2.05) is 0 Å². The van der Waals surface area contributed by atoms with Crippen molar-refractivity contribution in [1.82, 2.24) is 0 Å². The van der Waals surface area contributed by atoms with Crippen LogP contribution < -0.4 is 5.32 Å². The Bertz CT molecular complexity index is 828. The molecule has 142 valence electrons. The maximum atomic E-state index is 13.9. The van der Waals surface area contributed by atoms with Crippen LogP contribution in [-0.4, -0.2) is 31.1 Å². The molecule has 2 aromatic carbocycles. The molecular formula is C19H17ClFNO5. The van der Waals surface area contributed by atoms with Crippen LogP contribution in [0.15, 0.2) is 36.4 Å². The molecule has 0 aromatic heterocycles. The summed E-state index contributed by atoms with van der Waals surface area (Å²) in [5, 5.41) is 2.37. The highest BCUT2D eigenvalue weighted by Crippen LogP contribution is 2.22. The summed E-state index contributed by atoms with van der Waals surface area (Å²) in [4.78, 5) is 36.5. The third-order valence-electron chi connectivity index (χ3n) is 3.40. The van der Waals surface area contributed by atoms with E-state index in [0.29, 0.717) is 0 Å². The maximum Gasteiger partial charge on any atom is 0.338 e. The van der Waals surface area contributed by atoms with Crippen LogP contribution in [0.3, 0.4) is 0 Å². The molecule has 0 saturated heterocycles. The SMILES string of the molecule is CCOC(=O)c1cc(NC(=O)c2c(F)cccc2Cl)cc(C(=O)OCC)c1. The van der Waals surface area contributed by atoms with Crippen LogP contribution in [0, 0.1) is 5.82 Å². The fraction of sp³-hybridized carbons (Fsp3) is 0.211. The lowest BCUT2D eigenvalue weighted by atomic mass is 10.1. The van der Waals surface area contributed by atoms with E-state index in [0.717, 1.165) is 6.07 Å². The van der Waals surface area contributed by atoms with Crippen LogP contribution in [0.5, 0.6) is 0 Å². The summed E-state index contributed by atoms with van der Waals surface area (Å²) < 4.78 is 23.8. The normalized spacial score (nSPS) is 10.2. The summed E-state index contributed by atoms with van der Waals surface area (Å²) in [6, 6.07) is 7.76. The van der Waals surface area contributed by atoms with E-state index in [4.69, 9.17) is 21.1 Å². The van der Waals surface area contributed by atoms with Crippen molar-refractivity contribution in [3.63, 3.8) is 0 Å². The number of carbonyl (C=O) groups is 3. The van der Waals surface area contributed by atoms with E-state index in [2.05, 4.69) is 5.32 Å². The first-order valence-electron chi connectivity index (χ1n) is 8.12. The molecule has 0 atom stereocenters. The highest BCUT2D eigenvalue weighted by Gasteiger charge is 2.19. The van der Waals surface area contributed by atoms with Gasteiger partial charge >= 0.3 is 11.9 Å². The number of amides is 1. The summed E-state index contributed by atoms with van der Waals surface area (Å²) in [7, 11) is 0. The Kier molecular flexibility index (Phi) is 6.90. The molecule has 0 spiro atoms. The second-order valence-electron chi connectivity index (χ2n) is 5.29. The number of ether oxygens (including phenoxy) is 2. The van der Waals surface area contributed by atoms with Gasteiger partial charge < -0.3 is 14.8 Å². The van der Waals surface area contributed by atoms with Gasteiger partial charge in [0.15, 0.2) is 0 Å². The van der Waals surface area contributed by atoms with E-state index in [1.165, 1.54) is 30.3 Å². The molecule has 0 fully saturated rings. The van der Waals surface area contributed by atoms with Gasteiger partial charge in [-0.05, 0) is 44.2 Å². The first-order chi connectivity index (χ1) is 12.9. The standard InChI is InChI=1S/C19H17ClFNO5/c1-3-26-18(24)11-8-12(19(25)27-4-2)10-13(9-11)22-17(23)16-14(20)6-5-7-15(16)21/h5-10H,3-4H2,1-2H3,(H,22,23). The first kappa shape index (κ1) is 20.4. The lowest BCUT2D eigenvalue weighted by molar-refractivity contribution is 0.0525. The molecule has 0 heterocycles. The van der Waals surface area contributed by atoms with Gasteiger partial charge in [-0.2, -0.15) is 0 Å². The number of halogens is 2. The second-order valence-corrected chi connectivity index (χ2v) is 5.70. The Balaban J connectivity index is 2.41.